The maximum Gasteiger partial charge on any atom is 0.147 e. The Kier molecular flexibility index (Phi) is 3.96. The lowest BCUT2D eigenvalue weighted by atomic mass is 10.4. The lowest BCUT2D eigenvalue weighted by molar-refractivity contribution is 0.0870. The topological polar surface area (TPSA) is 65.1 Å². The second kappa shape index (κ2) is 5.02. The van der Waals surface area contributed by atoms with E-state index in [0.29, 0.717) is 12.3 Å². The number of rotatable bonds is 5. The molecule has 0 fully saturated rings. The molecule has 1 aromatic heterocycles. The molecule has 1 rings (SSSR count). The van der Waals surface area contributed by atoms with E-state index in [1.807, 2.05) is 27.8 Å². The van der Waals surface area contributed by atoms with Crippen LogP contribution in [0, 0.1) is 6.92 Å². The summed E-state index contributed by atoms with van der Waals surface area (Å²) in [4.78, 5) is 0. The van der Waals surface area contributed by atoms with Gasteiger partial charge >= 0.3 is 0 Å². The smallest absolute Gasteiger partial charge is 0.147 e. The first-order valence-electron chi connectivity index (χ1n) is 5.17. The monoisotopic (exact) mass is 212 g/mol. The second-order valence-corrected chi connectivity index (χ2v) is 3.82. The first kappa shape index (κ1) is 11.8. The lowest BCUT2D eigenvalue weighted by Crippen LogP contribution is -2.15. The number of nitrogens with zero attached hydrogens (tertiary/aromatic N) is 2. The van der Waals surface area contributed by atoms with Crippen LogP contribution in [0.2, 0.25) is 0 Å². The molecule has 0 aliphatic heterocycles. The number of ether oxygens (including phenoxy) is 1. The summed E-state index contributed by atoms with van der Waals surface area (Å²) in [6.07, 6.45) is 0.262. The van der Waals surface area contributed by atoms with Gasteiger partial charge in [-0.25, -0.2) is 0 Å². The van der Waals surface area contributed by atoms with Crippen molar-refractivity contribution in [3.8, 4) is 0 Å². The van der Waals surface area contributed by atoms with Crippen molar-refractivity contribution in [2.24, 2.45) is 7.05 Å². The third-order valence-corrected chi connectivity index (χ3v) is 2.11. The van der Waals surface area contributed by atoms with Crippen LogP contribution in [0.4, 0.5) is 11.5 Å². The van der Waals surface area contributed by atoms with Crippen molar-refractivity contribution in [1.29, 1.82) is 0 Å². The Morgan fingerprint density at radius 1 is 1.53 bits per heavy atom. The molecule has 0 aromatic carbocycles. The van der Waals surface area contributed by atoms with Crippen molar-refractivity contribution >= 4 is 11.5 Å². The number of hydrogen-bond acceptors (Lipinski definition) is 4. The predicted octanol–water partition coefficient (Wildman–Crippen LogP) is 1.15. The number of nitrogens with one attached hydrogen (secondary N) is 1. The lowest BCUT2D eigenvalue weighted by Gasteiger charge is -2.10. The van der Waals surface area contributed by atoms with E-state index >= 15 is 0 Å². The summed E-state index contributed by atoms with van der Waals surface area (Å²) >= 11 is 0. The van der Waals surface area contributed by atoms with Crippen LogP contribution in [-0.2, 0) is 11.8 Å². The van der Waals surface area contributed by atoms with E-state index in [4.69, 9.17) is 10.5 Å². The molecule has 0 atom stereocenters. The predicted molar refractivity (Wildman–Crippen MR) is 61.9 cm³/mol. The largest absolute Gasteiger partial charge is 0.394 e. The molecule has 0 saturated heterocycles. The van der Waals surface area contributed by atoms with Crippen molar-refractivity contribution in [3.63, 3.8) is 0 Å². The maximum absolute atomic E-state index is 5.86. The number of aromatic nitrogens is 2. The summed E-state index contributed by atoms with van der Waals surface area (Å²) in [5, 5.41) is 7.42. The Labute approximate surface area is 90.6 Å². The Bertz CT molecular complexity index is 319. The fourth-order valence-corrected chi connectivity index (χ4v) is 1.35. The summed E-state index contributed by atoms with van der Waals surface area (Å²) in [7, 11) is 1.87. The molecule has 0 spiro atoms. The summed E-state index contributed by atoms with van der Waals surface area (Å²) in [6.45, 7) is 7.33. The standard InChI is InChI=1S/C10H20N4O/c1-7(2)15-6-5-12-10-9(11)8(3)13-14(10)4/h7,12H,5-6,11H2,1-4H3. The van der Waals surface area contributed by atoms with Crippen molar-refractivity contribution in [2.45, 2.75) is 26.9 Å². The molecule has 5 heteroatoms. The third-order valence-electron chi connectivity index (χ3n) is 2.11. The zero-order valence-electron chi connectivity index (χ0n) is 9.87. The van der Waals surface area contributed by atoms with Crippen LogP contribution in [0.3, 0.4) is 0 Å². The summed E-state index contributed by atoms with van der Waals surface area (Å²) in [5.41, 5.74) is 7.42. The first-order chi connectivity index (χ1) is 7.02. The fourth-order valence-electron chi connectivity index (χ4n) is 1.35. The fraction of sp³-hybridized carbons (Fsp3) is 0.700. The summed E-state index contributed by atoms with van der Waals surface area (Å²) < 4.78 is 7.17. The molecule has 1 aromatic rings. The average Bonchev–Trinajstić information content (AvgIpc) is 2.37. The van der Waals surface area contributed by atoms with Gasteiger partial charge in [-0.05, 0) is 20.8 Å². The Balaban J connectivity index is 2.44. The van der Waals surface area contributed by atoms with Gasteiger partial charge < -0.3 is 15.8 Å². The van der Waals surface area contributed by atoms with Gasteiger partial charge in [-0.2, -0.15) is 5.10 Å². The van der Waals surface area contributed by atoms with E-state index in [9.17, 15) is 0 Å². The highest BCUT2D eigenvalue weighted by molar-refractivity contribution is 5.64. The SMILES string of the molecule is Cc1nn(C)c(NCCOC(C)C)c1N. The molecular weight excluding hydrogens is 192 g/mol. The first-order valence-corrected chi connectivity index (χ1v) is 5.17. The van der Waals surface area contributed by atoms with E-state index in [0.717, 1.165) is 18.1 Å². The van der Waals surface area contributed by atoms with Crippen molar-refractivity contribution in [3.05, 3.63) is 5.69 Å². The van der Waals surface area contributed by atoms with E-state index in [2.05, 4.69) is 10.4 Å². The molecule has 0 aliphatic rings. The van der Waals surface area contributed by atoms with Gasteiger partial charge in [-0.1, -0.05) is 0 Å². The number of nitrogen functional groups attached to an aromatic ring is 1. The molecule has 0 amide bonds. The number of aryl methyl sites for hydroxylation is 2. The minimum absolute atomic E-state index is 0.262. The Morgan fingerprint density at radius 2 is 2.20 bits per heavy atom. The Hall–Kier alpha value is -1.23. The van der Waals surface area contributed by atoms with Gasteiger partial charge in [0.15, 0.2) is 0 Å². The van der Waals surface area contributed by atoms with Gasteiger partial charge in [0.05, 0.1) is 24.1 Å². The highest BCUT2D eigenvalue weighted by Gasteiger charge is 2.08. The van der Waals surface area contributed by atoms with Crippen molar-refractivity contribution < 1.29 is 4.74 Å². The molecule has 3 N–H and O–H groups in total. The molecule has 0 aliphatic carbocycles. The van der Waals surface area contributed by atoms with Crippen LogP contribution < -0.4 is 11.1 Å². The van der Waals surface area contributed by atoms with Gasteiger partial charge in [0.1, 0.15) is 5.82 Å². The van der Waals surface area contributed by atoms with Crippen LogP contribution in [0.1, 0.15) is 19.5 Å². The van der Waals surface area contributed by atoms with Crippen molar-refractivity contribution in [1.82, 2.24) is 9.78 Å². The summed E-state index contributed by atoms with van der Waals surface area (Å²) in [5.74, 6) is 0.861. The zero-order valence-corrected chi connectivity index (χ0v) is 9.87. The van der Waals surface area contributed by atoms with Crippen LogP contribution >= 0.6 is 0 Å². The van der Waals surface area contributed by atoms with Crippen molar-refractivity contribution in [2.75, 3.05) is 24.2 Å². The molecular formula is C10H20N4O. The average molecular weight is 212 g/mol. The van der Waals surface area contributed by atoms with Crippen LogP contribution in [0.15, 0.2) is 0 Å². The number of anilines is 2. The molecule has 1 heterocycles. The van der Waals surface area contributed by atoms with E-state index in [-0.39, 0.29) is 6.10 Å². The zero-order chi connectivity index (χ0) is 11.4. The van der Waals surface area contributed by atoms with Gasteiger partial charge in [-0.15, -0.1) is 0 Å². The molecule has 5 nitrogen and oxygen atoms in total. The van der Waals surface area contributed by atoms with E-state index in [1.165, 1.54) is 0 Å². The van der Waals surface area contributed by atoms with Gasteiger partial charge in [0.25, 0.3) is 0 Å². The minimum Gasteiger partial charge on any atom is -0.394 e. The molecule has 86 valence electrons. The Morgan fingerprint density at radius 3 is 2.67 bits per heavy atom. The van der Waals surface area contributed by atoms with Gasteiger partial charge in [0, 0.05) is 13.6 Å². The molecule has 0 unspecified atom stereocenters. The highest BCUT2D eigenvalue weighted by atomic mass is 16.5. The van der Waals surface area contributed by atoms with Gasteiger partial charge in [0.2, 0.25) is 0 Å². The maximum atomic E-state index is 5.86. The normalized spacial score (nSPS) is 11.0. The molecule has 0 saturated carbocycles. The molecule has 15 heavy (non-hydrogen) atoms. The quantitative estimate of drug-likeness (QED) is 0.718. The number of nitrogens with two attached hydrogens (primary N) is 1. The number of hydrogen-bond donors (Lipinski definition) is 2. The molecule has 0 radical (unpaired) electrons. The van der Waals surface area contributed by atoms with E-state index < -0.39 is 0 Å². The second-order valence-electron chi connectivity index (χ2n) is 3.82. The third kappa shape index (κ3) is 3.13. The van der Waals surface area contributed by atoms with Crippen LogP contribution in [0.5, 0.6) is 0 Å². The highest BCUT2D eigenvalue weighted by Crippen LogP contribution is 2.20. The summed E-state index contributed by atoms with van der Waals surface area (Å²) in [6, 6.07) is 0. The minimum atomic E-state index is 0.262. The van der Waals surface area contributed by atoms with E-state index in [1.54, 1.807) is 4.68 Å². The molecule has 0 bridgehead atoms. The van der Waals surface area contributed by atoms with Crippen LogP contribution in [0.25, 0.3) is 0 Å². The van der Waals surface area contributed by atoms with Gasteiger partial charge in [-0.3, -0.25) is 4.68 Å². The van der Waals surface area contributed by atoms with Crippen LogP contribution in [-0.4, -0.2) is 29.0 Å².